The number of rotatable bonds is 5. The Hall–Kier alpha value is -1.40. The molecule has 0 aliphatic carbocycles. The Balaban J connectivity index is 2.08. The van der Waals surface area contributed by atoms with Crippen LogP contribution in [0, 0.1) is 12.7 Å². The van der Waals surface area contributed by atoms with Crippen molar-refractivity contribution in [2.75, 3.05) is 6.54 Å². The molecule has 0 spiro atoms. The number of aryl methyl sites for hydroxylation is 1. The molecule has 19 heavy (non-hydrogen) atoms. The molecule has 2 N–H and O–H groups in total. The Labute approximate surface area is 116 Å². The number of nitrogens with two attached hydrogens (primary N) is 1. The van der Waals surface area contributed by atoms with Crippen molar-refractivity contribution < 1.29 is 4.39 Å². The molecule has 102 valence electrons. The Bertz CT molecular complexity index is 568. The van der Waals surface area contributed by atoms with Crippen LogP contribution < -0.4 is 5.73 Å². The largest absolute Gasteiger partial charge is 0.330 e. The highest BCUT2D eigenvalue weighted by molar-refractivity contribution is 7.98. The molecule has 0 aliphatic rings. The first-order valence-corrected chi connectivity index (χ1v) is 7.06. The van der Waals surface area contributed by atoms with E-state index in [9.17, 15) is 4.39 Å². The van der Waals surface area contributed by atoms with Crippen molar-refractivity contribution in [3.8, 4) is 0 Å². The van der Waals surface area contributed by atoms with Crippen LogP contribution in [0.3, 0.4) is 0 Å². The summed E-state index contributed by atoms with van der Waals surface area (Å²) in [6.07, 6.45) is 0.711. The van der Waals surface area contributed by atoms with Crippen LogP contribution in [-0.4, -0.2) is 21.3 Å². The molecule has 2 aromatic rings. The summed E-state index contributed by atoms with van der Waals surface area (Å²) < 4.78 is 15.1. The lowest BCUT2D eigenvalue weighted by Gasteiger charge is -2.06. The molecule has 0 saturated carbocycles. The van der Waals surface area contributed by atoms with E-state index in [-0.39, 0.29) is 5.82 Å². The summed E-state index contributed by atoms with van der Waals surface area (Å²) in [5.41, 5.74) is 7.57. The Morgan fingerprint density at radius 3 is 2.89 bits per heavy atom. The molecular formula is C13H17FN4S. The zero-order chi connectivity index (χ0) is 13.8. The SMILES string of the molecule is Cc1ccc(F)cc1CSc1nnc(CCN)n1C. The smallest absolute Gasteiger partial charge is 0.191 e. The molecule has 2 rings (SSSR count). The predicted octanol–water partition coefficient (Wildman–Crippen LogP) is 2.06. The average Bonchev–Trinajstić information content (AvgIpc) is 2.73. The third-order valence-electron chi connectivity index (χ3n) is 2.96. The van der Waals surface area contributed by atoms with E-state index in [1.54, 1.807) is 23.9 Å². The highest BCUT2D eigenvalue weighted by Crippen LogP contribution is 2.23. The number of hydrogen-bond acceptors (Lipinski definition) is 4. The first-order valence-electron chi connectivity index (χ1n) is 6.08. The number of nitrogens with zero attached hydrogens (tertiary/aromatic N) is 3. The van der Waals surface area contributed by atoms with Gasteiger partial charge in [-0.1, -0.05) is 17.8 Å². The van der Waals surface area contributed by atoms with E-state index in [2.05, 4.69) is 10.2 Å². The van der Waals surface area contributed by atoms with Gasteiger partial charge in [-0.15, -0.1) is 10.2 Å². The predicted molar refractivity (Wildman–Crippen MR) is 74.5 cm³/mol. The van der Waals surface area contributed by atoms with E-state index in [0.717, 1.165) is 22.1 Å². The van der Waals surface area contributed by atoms with E-state index < -0.39 is 0 Å². The third kappa shape index (κ3) is 3.33. The molecule has 0 aliphatic heterocycles. The lowest BCUT2D eigenvalue weighted by Crippen LogP contribution is -2.08. The lowest BCUT2D eigenvalue weighted by molar-refractivity contribution is 0.626. The quantitative estimate of drug-likeness (QED) is 0.852. The minimum atomic E-state index is -0.206. The van der Waals surface area contributed by atoms with Gasteiger partial charge in [-0.2, -0.15) is 0 Å². The molecule has 1 heterocycles. The van der Waals surface area contributed by atoms with Crippen molar-refractivity contribution in [2.45, 2.75) is 24.3 Å². The maximum absolute atomic E-state index is 13.2. The van der Waals surface area contributed by atoms with Crippen molar-refractivity contribution in [3.05, 3.63) is 41.0 Å². The van der Waals surface area contributed by atoms with E-state index >= 15 is 0 Å². The van der Waals surface area contributed by atoms with Crippen LogP contribution >= 0.6 is 11.8 Å². The minimum Gasteiger partial charge on any atom is -0.330 e. The Morgan fingerprint density at radius 2 is 2.16 bits per heavy atom. The lowest BCUT2D eigenvalue weighted by atomic mass is 10.1. The molecule has 0 fully saturated rings. The molecule has 1 aromatic heterocycles. The summed E-state index contributed by atoms with van der Waals surface area (Å²) in [5.74, 6) is 1.35. The fourth-order valence-corrected chi connectivity index (χ4v) is 2.75. The van der Waals surface area contributed by atoms with Gasteiger partial charge in [0.15, 0.2) is 5.16 Å². The molecule has 0 unspecified atom stereocenters. The maximum atomic E-state index is 13.2. The maximum Gasteiger partial charge on any atom is 0.191 e. The molecule has 0 radical (unpaired) electrons. The molecule has 0 amide bonds. The first-order chi connectivity index (χ1) is 9.11. The number of halogens is 1. The number of benzene rings is 1. The van der Waals surface area contributed by atoms with Crippen LogP contribution in [-0.2, 0) is 19.2 Å². The Kier molecular flexibility index (Phi) is 4.55. The second-order valence-corrected chi connectivity index (χ2v) is 5.30. The van der Waals surface area contributed by atoms with Crippen LogP contribution in [0.5, 0.6) is 0 Å². The third-order valence-corrected chi connectivity index (χ3v) is 4.03. The first kappa shape index (κ1) is 14.0. The molecule has 6 heteroatoms. The van der Waals surface area contributed by atoms with Gasteiger partial charge in [0.1, 0.15) is 11.6 Å². The summed E-state index contributed by atoms with van der Waals surface area (Å²) in [6.45, 7) is 2.53. The Morgan fingerprint density at radius 1 is 1.37 bits per heavy atom. The van der Waals surface area contributed by atoms with Crippen LogP contribution in [0.2, 0.25) is 0 Å². The van der Waals surface area contributed by atoms with E-state index in [0.29, 0.717) is 18.7 Å². The van der Waals surface area contributed by atoms with Crippen molar-refractivity contribution in [3.63, 3.8) is 0 Å². The zero-order valence-electron chi connectivity index (χ0n) is 11.1. The van der Waals surface area contributed by atoms with Crippen molar-refractivity contribution in [2.24, 2.45) is 12.8 Å². The molecule has 4 nitrogen and oxygen atoms in total. The van der Waals surface area contributed by atoms with Crippen LogP contribution in [0.25, 0.3) is 0 Å². The highest BCUT2D eigenvalue weighted by atomic mass is 32.2. The molecule has 0 saturated heterocycles. The molecular weight excluding hydrogens is 263 g/mol. The van der Waals surface area contributed by atoms with Gasteiger partial charge in [0.05, 0.1) is 0 Å². The van der Waals surface area contributed by atoms with Crippen LogP contribution in [0.1, 0.15) is 17.0 Å². The summed E-state index contributed by atoms with van der Waals surface area (Å²) in [7, 11) is 1.92. The van der Waals surface area contributed by atoms with Gasteiger partial charge >= 0.3 is 0 Å². The topological polar surface area (TPSA) is 56.7 Å². The van der Waals surface area contributed by atoms with Crippen molar-refractivity contribution in [1.29, 1.82) is 0 Å². The van der Waals surface area contributed by atoms with Gasteiger partial charge < -0.3 is 10.3 Å². The van der Waals surface area contributed by atoms with Gasteiger partial charge in [-0.3, -0.25) is 0 Å². The standard InChI is InChI=1S/C13H17FN4S/c1-9-3-4-11(14)7-10(9)8-19-13-17-16-12(5-6-15)18(13)2/h3-4,7H,5-6,8,15H2,1-2H3. The minimum absolute atomic E-state index is 0.206. The summed E-state index contributed by atoms with van der Waals surface area (Å²) in [4.78, 5) is 0. The van der Waals surface area contributed by atoms with E-state index in [1.165, 1.54) is 6.07 Å². The van der Waals surface area contributed by atoms with Crippen LogP contribution in [0.15, 0.2) is 23.4 Å². The monoisotopic (exact) mass is 280 g/mol. The van der Waals surface area contributed by atoms with E-state index in [1.807, 2.05) is 18.5 Å². The number of hydrogen-bond donors (Lipinski definition) is 1. The number of thioether (sulfide) groups is 1. The van der Waals surface area contributed by atoms with Gasteiger partial charge in [0.25, 0.3) is 0 Å². The van der Waals surface area contributed by atoms with Gasteiger partial charge in [0, 0.05) is 19.2 Å². The van der Waals surface area contributed by atoms with Crippen molar-refractivity contribution in [1.82, 2.24) is 14.8 Å². The molecule has 0 atom stereocenters. The van der Waals surface area contributed by atoms with Crippen LogP contribution in [0.4, 0.5) is 4.39 Å². The summed E-state index contributed by atoms with van der Waals surface area (Å²) in [5, 5.41) is 9.05. The van der Waals surface area contributed by atoms with Gasteiger partial charge in [-0.05, 0) is 36.7 Å². The second-order valence-electron chi connectivity index (χ2n) is 4.36. The van der Waals surface area contributed by atoms with E-state index in [4.69, 9.17) is 5.73 Å². The fourth-order valence-electron chi connectivity index (χ4n) is 1.76. The van der Waals surface area contributed by atoms with Crippen molar-refractivity contribution >= 4 is 11.8 Å². The fraction of sp³-hybridized carbons (Fsp3) is 0.385. The zero-order valence-corrected chi connectivity index (χ0v) is 11.9. The number of aromatic nitrogens is 3. The normalized spacial score (nSPS) is 10.9. The second kappa shape index (κ2) is 6.16. The summed E-state index contributed by atoms with van der Waals surface area (Å²) >= 11 is 1.55. The van der Waals surface area contributed by atoms with Gasteiger partial charge in [0.2, 0.25) is 0 Å². The molecule has 0 bridgehead atoms. The summed E-state index contributed by atoms with van der Waals surface area (Å²) in [6, 6.07) is 4.84. The molecule has 1 aromatic carbocycles. The highest BCUT2D eigenvalue weighted by Gasteiger charge is 2.09. The van der Waals surface area contributed by atoms with Gasteiger partial charge in [-0.25, -0.2) is 4.39 Å². The average molecular weight is 280 g/mol.